The number of hydrogen-bond donors (Lipinski definition) is 1. The van der Waals surface area contributed by atoms with Crippen LogP contribution in [0.2, 0.25) is 0 Å². The Morgan fingerprint density at radius 2 is 2.31 bits per heavy atom. The minimum absolute atomic E-state index is 0.620. The van der Waals surface area contributed by atoms with Crippen molar-refractivity contribution in [1.29, 1.82) is 0 Å². The molecule has 16 heavy (non-hydrogen) atoms. The van der Waals surface area contributed by atoms with Crippen LogP contribution < -0.4 is 4.74 Å². The second kappa shape index (κ2) is 4.49. The van der Waals surface area contributed by atoms with Gasteiger partial charge in [0.2, 0.25) is 5.88 Å². The number of pyridine rings is 1. The highest BCUT2D eigenvalue weighted by Crippen LogP contribution is 2.14. The maximum absolute atomic E-state index is 5.28. The lowest BCUT2D eigenvalue weighted by Gasteiger charge is -2.06. The predicted molar refractivity (Wildman–Crippen MR) is 64.7 cm³/mol. The molecule has 0 aliphatic carbocycles. The Balaban J connectivity index is 2.39. The van der Waals surface area contributed by atoms with E-state index in [0.29, 0.717) is 17.3 Å². The van der Waals surface area contributed by atoms with Crippen LogP contribution in [0.5, 0.6) is 5.88 Å². The lowest BCUT2D eigenvalue weighted by Crippen LogP contribution is -1.99. The van der Waals surface area contributed by atoms with Crippen molar-refractivity contribution in [3.05, 3.63) is 35.0 Å². The van der Waals surface area contributed by atoms with Crippen LogP contribution in [0.15, 0.2) is 24.5 Å². The van der Waals surface area contributed by atoms with Crippen LogP contribution in [0.4, 0.5) is 0 Å². The van der Waals surface area contributed by atoms with E-state index >= 15 is 0 Å². The second-order valence-corrected chi connectivity index (χ2v) is 3.74. The molecule has 0 radical (unpaired) electrons. The first-order valence-electron chi connectivity index (χ1n) is 5.08. The quantitative estimate of drug-likeness (QED) is 0.832. The summed E-state index contributed by atoms with van der Waals surface area (Å²) in [5, 5.41) is 0. The molecule has 0 atom stereocenters. The maximum atomic E-state index is 5.28. The SMILES string of the molecule is CCOc1ccc(-n2c(C)c[nH]c2=S)cn1. The number of H-pyrrole nitrogens is 1. The number of imidazole rings is 1. The fourth-order valence-electron chi connectivity index (χ4n) is 1.51. The smallest absolute Gasteiger partial charge is 0.213 e. The van der Waals surface area contributed by atoms with Crippen molar-refractivity contribution in [2.45, 2.75) is 13.8 Å². The summed E-state index contributed by atoms with van der Waals surface area (Å²) in [6.07, 6.45) is 3.63. The van der Waals surface area contributed by atoms with E-state index in [0.717, 1.165) is 11.4 Å². The number of aromatic nitrogens is 3. The van der Waals surface area contributed by atoms with Crippen molar-refractivity contribution in [3.63, 3.8) is 0 Å². The molecule has 0 saturated carbocycles. The number of ether oxygens (including phenoxy) is 1. The number of rotatable bonds is 3. The molecule has 4 nitrogen and oxygen atoms in total. The molecule has 0 aromatic carbocycles. The third-order valence-electron chi connectivity index (χ3n) is 2.23. The highest BCUT2D eigenvalue weighted by molar-refractivity contribution is 7.71. The van der Waals surface area contributed by atoms with Crippen LogP contribution in [-0.4, -0.2) is 21.1 Å². The molecule has 0 fully saturated rings. The van der Waals surface area contributed by atoms with Gasteiger partial charge in [-0.25, -0.2) is 4.98 Å². The first-order valence-corrected chi connectivity index (χ1v) is 5.49. The van der Waals surface area contributed by atoms with Crippen molar-refractivity contribution in [3.8, 4) is 11.6 Å². The fraction of sp³-hybridized carbons (Fsp3) is 0.273. The van der Waals surface area contributed by atoms with Gasteiger partial charge in [-0.2, -0.15) is 0 Å². The van der Waals surface area contributed by atoms with Crippen LogP contribution in [0.25, 0.3) is 5.69 Å². The summed E-state index contributed by atoms with van der Waals surface area (Å²) in [6.45, 7) is 4.54. The van der Waals surface area contributed by atoms with Gasteiger partial charge in [0, 0.05) is 18.0 Å². The van der Waals surface area contributed by atoms with Gasteiger partial charge in [-0.05, 0) is 32.1 Å². The number of nitrogens with zero attached hydrogens (tertiary/aromatic N) is 2. The normalized spacial score (nSPS) is 10.4. The molecule has 0 saturated heterocycles. The first kappa shape index (κ1) is 10.9. The van der Waals surface area contributed by atoms with E-state index in [1.807, 2.05) is 36.7 Å². The summed E-state index contributed by atoms with van der Waals surface area (Å²) < 4.78 is 7.88. The molecular formula is C11H13N3OS. The summed E-state index contributed by atoms with van der Waals surface area (Å²) in [4.78, 5) is 7.20. The largest absolute Gasteiger partial charge is 0.478 e. The minimum Gasteiger partial charge on any atom is -0.478 e. The van der Waals surface area contributed by atoms with Crippen molar-refractivity contribution in [1.82, 2.24) is 14.5 Å². The predicted octanol–water partition coefficient (Wildman–Crippen LogP) is 2.64. The van der Waals surface area contributed by atoms with Crippen LogP contribution in [-0.2, 0) is 0 Å². The third kappa shape index (κ3) is 1.99. The number of hydrogen-bond acceptors (Lipinski definition) is 3. The zero-order valence-corrected chi connectivity index (χ0v) is 10.0. The Hall–Kier alpha value is -1.62. The monoisotopic (exact) mass is 235 g/mol. The molecule has 84 valence electrons. The topological polar surface area (TPSA) is 42.8 Å². The molecule has 2 rings (SSSR count). The van der Waals surface area contributed by atoms with Crippen LogP contribution >= 0.6 is 12.2 Å². The van der Waals surface area contributed by atoms with Crippen molar-refractivity contribution in [2.75, 3.05) is 6.61 Å². The Morgan fingerprint density at radius 1 is 1.50 bits per heavy atom. The molecule has 0 unspecified atom stereocenters. The zero-order valence-electron chi connectivity index (χ0n) is 9.23. The van der Waals surface area contributed by atoms with E-state index in [1.54, 1.807) is 6.20 Å². The van der Waals surface area contributed by atoms with Gasteiger partial charge in [0.15, 0.2) is 4.77 Å². The molecule has 0 amide bonds. The molecule has 5 heteroatoms. The molecule has 1 N–H and O–H groups in total. The number of nitrogens with one attached hydrogen (secondary N) is 1. The van der Waals surface area contributed by atoms with Gasteiger partial charge in [0.05, 0.1) is 18.5 Å². The molecular weight excluding hydrogens is 222 g/mol. The van der Waals surface area contributed by atoms with E-state index < -0.39 is 0 Å². The summed E-state index contributed by atoms with van der Waals surface area (Å²) in [6, 6.07) is 3.78. The molecule has 0 aliphatic heterocycles. The van der Waals surface area contributed by atoms with Gasteiger partial charge in [-0.3, -0.25) is 4.57 Å². The van der Waals surface area contributed by atoms with Gasteiger partial charge >= 0.3 is 0 Å². The van der Waals surface area contributed by atoms with Crippen molar-refractivity contribution < 1.29 is 4.74 Å². The standard InChI is InChI=1S/C11H13N3OS/c1-3-15-10-5-4-9(7-12-10)14-8(2)6-13-11(14)16/h4-7H,3H2,1-2H3,(H,13,16). The second-order valence-electron chi connectivity index (χ2n) is 3.36. The summed E-state index contributed by atoms with van der Waals surface area (Å²) in [5.74, 6) is 0.631. The van der Waals surface area contributed by atoms with E-state index in [-0.39, 0.29) is 0 Å². The van der Waals surface area contributed by atoms with Crippen LogP contribution in [0, 0.1) is 11.7 Å². The summed E-state index contributed by atoms with van der Waals surface area (Å²) in [5.41, 5.74) is 1.99. The highest BCUT2D eigenvalue weighted by atomic mass is 32.1. The Labute approximate surface area is 98.9 Å². The minimum atomic E-state index is 0.620. The Bertz CT molecular complexity index is 527. The van der Waals surface area contributed by atoms with E-state index in [2.05, 4.69) is 9.97 Å². The lowest BCUT2D eigenvalue weighted by molar-refractivity contribution is 0.327. The van der Waals surface area contributed by atoms with Gasteiger partial charge < -0.3 is 9.72 Å². The van der Waals surface area contributed by atoms with Crippen molar-refractivity contribution in [2.24, 2.45) is 0 Å². The molecule has 2 aromatic rings. The molecule has 0 bridgehead atoms. The fourth-order valence-corrected chi connectivity index (χ4v) is 1.82. The molecule has 2 heterocycles. The third-order valence-corrected chi connectivity index (χ3v) is 2.53. The average molecular weight is 235 g/mol. The number of aromatic amines is 1. The van der Waals surface area contributed by atoms with Gasteiger partial charge in [-0.1, -0.05) is 0 Å². The van der Waals surface area contributed by atoms with E-state index in [4.69, 9.17) is 17.0 Å². The van der Waals surface area contributed by atoms with Gasteiger partial charge in [0.1, 0.15) is 0 Å². The number of aryl methyl sites for hydroxylation is 1. The zero-order chi connectivity index (χ0) is 11.5. The average Bonchev–Trinajstić information content (AvgIpc) is 2.61. The van der Waals surface area contributed by atoms with Gasteiger partial charge in [-0.15, -0.1) is 0 Å². The van der Waals surface area contributed by atoms with Crippen LogP contribution in [0.1, 0.15) is 12.6 Å². The highest BCUT2D eigenvalue weighted by Gasteiger charge is 2.03. The van der Waals surface area contributed by atoms with Crippen LogP contribution in [0.3, 0.4) is 0 Å². The summed E-state index contributed by atoms with van der Waals surface area (Å²) in [7, 11) is 0. The van der Waals surface area contributed by atoms with Crippen molar-refractivity contribution >= 4 is 12.2 Å². The maximum Gasteiger partial charge on any atom is 0.213 e. The molecule has 0 aliphatic rings. The molecule has 0 spiro atoms. The van der Waals surface area contributed by atoms with Gasteiger partial charge in [0.25, 0.3) is 0 Å². The Kier molecular flexibility index (Phi) is 3.05. The summed E-state index contributed by atoms with van der Waals surface area (Å²) >= 11 is 5.19. The van der Waals surface area contributed by atoms with E-state index in [1.165, 1.54) is 0 Å². The Morgan fingerprint density at radius 3 is 2.81 bits per heavy atom. The lowest BCUT2D eigenvalue weighted by atomic mass is 10.4. The van der Waals surface area contributed by atoms with E-state index in [9.17, 15) is 0 Å². The first-order chi connectivity index (χ1) is 7.72. The molecule has 2 aromatic heterocycles.